The normalized spacial score (nSPS) is 12.4. The number of nitrogens with zero attached hydrogens (tertiary/aromatic N) is 1. The van der Waals surface area contributed by atoms with Crippen molar-refractivity contribution < 1.29 is 9.53 Å². The monoisotopic (exact) mass is 286 g/mol. The van der Waals surface area contributed by atoms with Crippen LogP contribution < -0.4 is 10.1 Å². The first-order valence-corrected chi connectivity index (χ1v) is 7.26. The predicted molar refractivity (Wildman–Crippen MR) is 83.7 cm³/mol. The molecule has 4 heteroatoms. The Balaban J connectivity index is 2.78. The molecule has 0 heterocycles. The van der Waals surface area contributed by atoms with Crippen LogP contribution in [0.4, 0.5) is 0 Å². The van der Waals surface area contributed by atoms with Crippen LogP contribution in [0, 0.1) is 11.3 Å². The van der Waals surface area contributed by atoms with E-state index >= 15 is 0 Å². The number of benzene rings is 1. The minimum absolute atomic E-state index is 0.0547. The van der Waals surface area contributed by atoms with Crippen LogP contribution in [0.15, 0.2) is 29.8 Å². The number of amides is 1. The Kier molecular flexibility index (Phi) is 7.03. The van der Waals surface area contributed by atoms with Gasteiger partial charge in [-0.3, -0.25) is 4.79 Å². The number of carbonyl (C=O) groups excluding carboxylic acids is 1. The Morgan fingerprint density at radius 3 is 2.57 bits per heavy atom. The third-order valence-corrected chi connectivity index (χ3v) is 3.02. The predicted octanol–water partition coefficient (Wildman–Crippen LogP) is 3.30. The van der Waals surface area contributed by atoms with Gasteiger partial charge in [0.05, 0.1) is 6.61 Å². The van der Waals surface area contributed by atoms with E-state index in [2.05, 4.69) is 5.32 Å². The molecule has 1 rings (SSSR count). The number of rotatable bonds is 7. The van der Waals surface area contributed by atoms with Crippen molar-refractivity contribution in [3.63, 3.8) is 0 Å². The van der Waals surface area contributed by atoms with Crippen molar-refractivity contribution in [3.8, 4) is 11.8 Å². The molecule has 1 atom stereocenters. The second-order valence-corrected chi connectivity index (χ2v) is 4.87. The van der Waals surface area contributed by atoms with E-state index in [0.717, 1.165) is 24.2 Å². The standard InChI is InChI=1S/C17H22N2O2/c1-4-10-21-16-8-6-14(7-9-16)11-15(12-18)17(20)19-13(3)5-2/h6-9,11,13H,4-5,10H2,1-3H3,(H,19,20)/b15-11+/t13-/m0/s1. The fraction of sp³-hybridized carbons (Fsp3) is 0.412. The van der Waals surface area contributed by atoms with Gasteiger partial charge in [0.1, 0.15) is 17.4 Å². The molecule has 1 aromatic rings. The molecule has 0 unspecified atom stereocenters. The average Bonchev–Trinajstić information content (AvgIpc) is 2.51. The molecule has 4 nitrogen and oxygen atoms in total. The number of carbonyl (C=O) groups is 1. The van der Waals surface area contributed by atoms with Gasteiger partial charge in [-0.05, 0) is 43.5 Å². The molecule has 112 valence electrons. The van der Waals surface area contributed by atoms with E-state index in [1.807, 2.05) is 51.1 Å². The van der Waals surface area contributed by atoms with Crippen LogP contribution in [0.5, 0.6) is 5.75 Å². The first-order chi connectivity index (χ1) is 10.1. The van der Waals surface area contributed by atoms with Crippen LogP contribution >= 0.6 is 0 Å². The molecule has 1 amide bonds. The number of nitrogens with one attached hydrogen (secondary N) is 1. The number of hydrogen-bond donors (Lipinski definition) is 1. The summed E-state index contributed by atoms with van der Waals surface area (Å²) in [5.74, 6) is 0.453. The lowest BCUT2D eigenvalue weighted by molar-refractivity contribution is -0.117. The Labute approximate surface area is 126 Å². The van der Waals surface area contributed by atoms with Crippen molar-refractivity contribution in [1.82, 2.24) is 5.32 Å². The summed E-state index contributed by atoms with van der Waals surface area (Å²) in [5.41, 5.74) is 0.909. The average molecular weight is 286 g/mol. The van der Waals surface area contributed by atoms with E-state index in [1.54, 1.807) is 6.08 Å². The zero-order valence-electron chi connectivity index (χ0n) is 12.8. The first-order valence-electron chi connectivity index (χ1n) is 7.26. The summed E-state index contributed by atoms with van der Waals surface area (Å²) in [6, 6.07) is 9.34. The Hall–Kier alpha value is -2.28. The van der Waals surface area contributed by atoms with Crippen molar-refractivity contribution in [2.45, 2.75) is 39.7 Å². The molecule has 0 fully saturated rings. The highest BCUT2D eigenvalue weighted by molar-refractivity contribution is 6.01. The lowest BCUT2D eigenvalue weighted by Crippen LogP contribution is -2.32. The van der Waals surface area contributed by atoms with E-state index in [9.17, 15) is 4.79 Å². The van der Waals surface area contributed by atoms with E-state index in [0.29, 0.717) is 6.61 Å². The summed E-state index contributed by atoms with van der Waals surface area (Å²) in [6.07, 6.45) is 3.37. The van der Waals surface area contributed by atoms with Gasteiger partial charge >= 0.3 is 0 Å². The quantitative estimate of drug-likeness (QED) is 0.618. The molecule has 0 aromatic heterocycles. The second-order valence-electron chi connectivity index (χ2n) is 4.87. The summed E-state index contributed by atoms with van der Waals surface area (Å²) >= 11 is 0. The molecule has 0 spiro atoms. The van der Waals surface area contributed by atoms with Crippen LogP contribution in [-0.2, 0) is 4.79 Å². The first kappa shape index (κ1) is 16.8. The molecule has 0 saturated carbocycles. The number of ether oxygens (including phenoxy) is 1. The highest BCUT2D eigenvalue weighted by Crippen LogP contribution is 2.15. The van der Waals surface area contributed by atoms with Gasteiger partial charge in [0.25, 0.3) is 5.91 Å². The van der Waals surface area contributed by atoms with Gasteiger partial charge in [-0.25, -0.2) is 0 Å². The highest BCUT2D eigenvalue weighted by atomic mass is 16.5. The van der Waals surface area contributed by atoms with Gasteiger partial charge in [-0.15, -0.1) is 0 Å². The SMILES string of the molecule is CCCOc1ccc(/C=C(\C#N)C(=O)N[C@@H](C)CC)cc1. The zero-order chi connectivity index (χ0) is 15.7. The van der Waals surface area contributed by atoms with E-state index in [1.165, 1.54) is 0 Å². The third kappa shape index (κ3) is 5.70. The molecule has 1 aromatic carbocycles. The van der Waals surface area contributed by atoms with Crippen LogP contribution in [0.25, 0.3) is 6.08 Å². The van der Waals surface area contributed by atoms with Crippen molar-refractivity contribution in [3.05, 3.63) is 35.4 Å². The highest BCUT2D eigenvalue weighted by Gasteiger charge is 2.11. The van der Waals surface area contributed by atoms with Crippen LogP contribution in [-0.4, -0.2) is 18.6 Å². The maximum absolute atomic E-state index is 11.9. The summed E-state index contributed by atoms with van der Waals surface area (Å²) in [4.78, 5) is 11.9. The molecule has 1 N–H and O–H groups in total. The summed E-state index contributed by atoms with van der Waals surface area (Å²) < 4.78 is 5.49. The van der Waals surface area contributed by atoms with E-state index in [4.69, 9.17) is 10.00 Å². The smallest absolute Gasteiger partial charge is 0.262 e. The van der Waals surface area contributed by atoms with Gasteiger partial charge in [0.2, 0.25) is 0 Å². The molecule has 0 aliphatic carbocycles. The minimum Gasteiger partial charge on any atom is -0.494 e. The largest absolute Gasteiger partial charge is 0.494 e. The molecule has 0 saturated heterocycles. The van der Waals surface area contributed by atoms with Crippen molar-refractivity contribution in [2.75, 3.05) is 6.61 Å². The topological polar surface area (TPSA) is 62.1 Å². The van der Waals surface area contributed by atoms with Crippen LogP contribution in [0.1, 0.15) is 39.2 Å². The molecule has 0 bridgehead atoms. The molecule has 0 aliphatic rings. The molecule has 0 radical (unpaired) electrons. The Morgan fingerprint density at radius 1 is 1.38 bits per heavy atom. The van der Waals surface area contributed by atoms with Crippen molar-refractivity contribution >= 4 is 12.0 Å². The molecule has 0 aliphatic heterocycles. The molecular formula is C17H22N2O2. The number of nitriles is 1. The van der Waals surface area contributed by atoms with Crippen molar-refractivity contribution in [1.29, 1.82) is 5.26 Å². The van der Waals surface area contributed by atoms with Gasteiger partial charge in [0.15, 0.2) is 0 Å². The maximum Gasteiger partial charge on any atom is 0.262 e. The van der Waals surface area contributed by atoms with Crippen molar-refractivity contribution in [2.24, 2.45) is 0 Å². The van der Waals surface area contributed by atoms with Crippen LogP contribution in [0.3, 0.4) is 0 Å². The summed E-state index contributed by atoms with van der Waals surface area (Å²) in [6.45, 7) is 6.62. The van der Waals surface area contributed by atoms with E-state index < -0.39 is 0 Å². The molecule has 21 heavy (non-hydrogen) atoms. The second kappa shape index (κ2) is 8.80. The minimum atomic E-state index is -0.335. The van der Waals surface area contributed by atoms with Gasteiger partial charge in [-0.1, -0.05) is 26.0 Å². The molecular weight excluding hydrogens is 264 g/mol. The fourth-order valence-corrected chi connectivity index (χ4v) is 1.60. The Morgan fingerprint density at radius 2 is 2.05 bits per heavy atom. The summed E-state index contributed by atoms with van der Waals surface area (Å²) in [5, 5.41) is 11.9. The summed E-state index contributed by atoms with van der Waals surface area (Å²) in [7, 11) is 0. The van der Waals surface area contributed by atoms with Gasteiger partial charge in [0, 0.05) is 6.04 Å². The third-order valence-electron chi connectivity index (χ3n) is 3.02. The van der Waals surface area contributed by atoms with Gasteiger partial charge < -0.3 is 10.1 Å². The number of hydrogen-bond acceptors (Lipinski definition) is 3. The van der Waals surface area contributed by atoms with Crippen LogP contribution in [0.2, 0.25) is 0 Å². The fourth-order valence-electron chi connectivity index (χ4n) is 1.60. The van der Waals surface area contributed by atoms with Gasteiger partial charge in [-0.2, -0.15) is 5.26 Å². The maximum atomic E-state index is 11.9. The zero-order valence-corrected chi connectivity index (χ0v) is 12.8. The lowest BCUT2D eigenvalue weighted by Gasteiger charge is -2.10. The lowest BCUT2D eigenvalue weighted by atomic mass is 10.1. The Bertz CT molecular complexity index is 527. The van der Waals surface area contributed by atoms with E-state index in [-0.39, 0.29) is 17.5 Å².